The minimum Gasteiger partial charge on any atom is -0.387 e. The third kappa shape index (κ3) is 4.66. The van der Waals surface area contributed by atoms with E-state index in [2.05, 4.69) is 36.4 Å². The molecule has 2 aromatic rings. The van der Waals surface area contributed by atoms with E-state index in [0.29, 0.717) is 5.92 Å². The van der Waals surface area contributed by atoms with E-state index < -0.39 is 6.10 Å². The van der Waals surface area contributed by atoms with Gasteiger partial charge in [-0.1, -0.05) is 50.3 Å². The van der Waals surface area contributed by atoms with Crippen molar-refractivity contribution >= 4 is 5.91 Å². The van der Waals surface area contributed by atoms with Gasteiger partial charge < -0.3 is 10.4 Å². The van der Waals surface area contributed by atoms with Crippen LogP contribution in [0.3, 0.4) is 0 Å². The number of carbonyl (C=O) groups is 1. The van der Waals surface area contributed by atoms with Crippen molar-refractivity contribution < 1.29 is 9.90 Å². The van der Waals surface area contributed by atoms with Gasteiger partial charge in [-0.25, -0.2) is 4.68 Å². The number of benzene rings is 1. The first-order valence-electron chi connectivity index (χ1n) is 8.78. The molecule has 1 fully saturated rings. The number of hydrogen-bond acceptors (Lipinski definition) is 4. The molecule has 1 heterocycles. The summed E-state index contributed by atoms with van der Waals surface area (Å²) < 4.78 is 1.55. The van der Waals surface area contributed by atoms with E-state index in [9.17, 15) is 9.90 Å². The summed E-state index contributed by atoms with van der Waals surface area (Å²) in [4.78, 5) is 12.0. The molecule has 1 aliphatic rings. The van der Waals surface area contributed by atoms with Crippen LogP contribution in [-0.4, -0.2) is 32.6 Å². The second-order valence-electron chi connectivity index (χ2n) is 7.81. The molecular weight excluding hydrogens is 316 g/mol. The van der Waals surface area contributed by atoms with E-state index in [-0.39, 0.29) is 24.4 Å². The third-order valence-corrected chi connectivity index (χ3v) is 4.51. The Labute approximate surface area is 148 Å². The number of nitrogens with zero attached hydrogens (tertiary/aromatic N) is 3. The number of aromatic nitrogens is 3. The number of hydrogen-bond donors (Lipinski definition) is 2. The van der Waals surface area contributed by atoms with E-state index in [1.165, 1.54) is 5.56 Å². The first kappa shape index (κ1) is 17.6. The smallest absolute Gasteiger partial charge is 0.241 e. The average molecular weight is 342 g/mol. The minimum atomic E-state index is -0.726. The van der Waals surface area contributed by atoms with Crippen LogP contribution >= 0.6 is 0 Å². The van der Waals surface area contributed by atoms with Crippen LogP contribution in [0.15, 0.2) is 30.5 Å². The highest BCUT2D eigenvalue weighted by atomic mass is 16.3. The van der Waals surface area contributed by atoms with Gasteiger partial charge >= 0.3 is 0 Å². The van der Waals surface area contributed by atoms with Crippen LogP contribution < -0.4 is 5.32 Å². The molecule has 6 nitrogen and oxygen atoms in total. The fourth-order valence-electron chi connectivity index (χ4n) is 2.69. The van der Waals surface area contributed by atoms with Crippen molar-refractivity contribution in [1.29, 1.82) is 0 Å². The van der Waals surface area contributed by atoms with Crippen LogP contribution in [0.5, 0.6) is 0 Å². The Morgan fingerprint density at radius 1 is 1.32 bits per heavy atom. The maximum Gasteiger partial charge on any atom is 0.241 e. The van der Waals surface area contributed by atoms with Crippen LogP contribution in [-0.2, 0) is 16.8 Å². The van der Waals surface area contributed by atoms with Gasteiger partial charge in [-0.05, 0) is 29.4 Å². The SMILES string of the molecule is CC(C)(C)c1ccc(C(O)CNC(=O)Cn2cc(C3CC3)nn2)cc1. The van der Waals surface area contributed by atoms with Crippen LogP contribution in [0.1, 0.15) is 62.5 Å². The number of carbonyl (C=O) groups excluding carboxylic acids is 1. The molecule has 0 bridgehead atoms. The highest BCUT2D eigenvalue weighted by molar-refractivity contribution is 5.75. The van der Waals surface area contributed by atoms with Gasteiger partial charge in [0.2, 0.25) is 5.91 Å². The van der Waals surface area contributed by atoms with Crippen LogP contribution in [0, 0.1) is 0 Å². The Hall–Kier alpha value is -2.21. The molecule has 0 radical (unpaired) electrons. The predicted octanol–water partition coefficient (Wildman–Crippen LogP) is 2.30. The second kappa shape index (κ2) is 6.96. The Kier molecular flexibility index (Phi) is 4.90. The van der Waals surface area contributed by atoms with Gasteiger partial charge in [0.05, 0.1) is 11.8 Å². The lowest BCUT2D eigenvalue weighted by molar-refractivity contribution is -0.122. The summed E-state index contributed by atoms with van der Waals surface area (Å²) in [5, 5.41) is 21.1. The van der Waals surface area contributed by atoms with Crippen molar-refractivity contribution in [2.24, 2.45) is 0 Å². The molecule has 1 saturated carbocycles. The van der Waals surface area contributed by atoms with Crippen molar-refractivity contribution in [3.63, 3.8) is 0 Å². The fourth-order valence-corrected chi connectivity index (χ4v) is 2.69. The number of nitrogens with one attached hydrogen (secondary N) is 1. The molecule has 1 atom stereocenters. The second-order valence-corrected chi connectivity index (χ2v) is 7.81. The van der Waals surface area contributed by atoms with Crippen molar-refractivity contribution in [1.82, 2.24) is 20.3 Å². The average Bonchev–Trinajstić information content (AvgIpc) is 3.32. The molecule has 6 heteroatoms. The Morgan fingerprint density at radius 3 is 2.60 bits per heavy atom. The first-order valence-corrected chi connectivity index (χ1v) is 8.78. The van der Waals surface area contributed by atoms with Gasteiger partial charge in [-0.3, -0.25) is 4.79 Å². The van der Waals surface area contributed by atoms with Gasteiger partial charge in [-0.2, -0.15) is 0 Å². The molecule has 2 N–H and O–H groups in total. The monoisotopic (exact) mass is 342 g/mol. The van der Waals surface area contributed by atoms with Gasteiger partial charge in [0.25, 0.3) is 0 Å². The van der Waals surface area contributed by atoms with Gasteiger partial charge in [0.15, 0.2) is 0 Å². The summed E-state index contributed by atoms with van der Waals surface area (Å²) in [5.74, 6) is 0.340. The normalized spacial score (nSPS) is 15.8. The van der Waals surface area contributed by atoms with Crippen molar-refractivity contribution in [3.05, 3.63) is 47.3 Å². The summed E-state index contributed by atoms with van der Waals surface area (Å²) in [5.41, 5.74) is 3.05. The lowest BCUT2D eigenvalue weighted by Gasteiger charge is -2.20. The highest BCUT2D eigenvalue weighted by Crippen LogP contribution is 2.38. The minimum absolute atomic E-state index is 0.0782. The topological polar surface area (TPSA) is 80.0 Å². The summed E-state index contributed by atoms with van der Waals surface area (Å²) in [6.07, 6.45) is 3.42. The molecule has 1 amide bonds. The fraction of sp³-hybridized carbons (Fsp3) is 0.526. The molecule has 0 spiro atoms. The number of amides is 1. The number of rotatable bonds is 6. The lowest BCUT2D eigenvalue weighted by atomic mass is 9.86. The highest BCUT2D eigenvalue weighted by Gasteiger charge is 2.26. The summed E-state index contributed by atoms with van der Waals surface area (Å²) >= 11 is 0. The van der Waals surface area contributed by atoms with Crippen molar-refractivity contribution in [2.45, 2.75) is 57.6 Å². The predicted molar refractivity (Wildman–Crippen MR) is 95.1 cm³/mol. The Morgan fingerprint density at radius 2 is 2.00 bits per heavy atom. The van der Waals surface area contributed by atoms with E-state index in [1.807, 2.05) is 30.5 Å². The maximum atomic E-state index is 12.0. The summed E-state index contributed by atoms with van der Waals surface area (Å²) in [6, 6.07) is 7.87. The zero-order chi connectivity index (χ0) is 18.0. The quantitative estimate of drug-likeness (QED) is 0.844. The van der Waals surface area contributed by atoms with Crippen LogP contribution in [0.4, 0.5) is 0 Å². The van der Waals surface area contributed by atoms with Crippen molar-refractivity contribution in [2.75, 3.05) is 6.54 Å². The van der Waals surface area contributed by atoms with Crippen molar-refractivity contribution in [3.8, 4) is 0 Å². The Bertz CT molecular complexity index is 727. The molecule has 1 aromatic heterocycles. The zero-order valence-corrected chi connectivity index (χ0v) is 15.1. The van der Waals surface area contributed by atoms with Crippen LogP contribution in [0.2, 0.25) is 0 Å². The van der Waals surface area contributed by atoms with E-state index in [4.69, 9.17) is 0 Å². The van der Waals surface area contributed by atoms with E-state index in [0.717, 1.165) is 24.1 Å². The van der Waals surface area contributed by atoms with Gasteiger partial charge in [0.1, 0.15) is 6.54 Å². The zero-order valence-electron chi connectivity index (χ0n) is 15.1. The standard InChI is InChI=1S/C19H26N4O2/c1-19(2,3)15-8-6-14(7-9-15)17(24)10-20-18(25)12-23-11-16(21-22-23)13-4-5-13/h6-9,11,13,17,24H,4-5,10,12H2,1-3H3,(H,20,25). The van der Waals surface area contributed by atoms with Gasteiger partial charge in [0, 0.05) is 18.7 Å². The molecule has 25 heavy (non-hydrogen) atoms. The largest absolute Gasteiger partial charge is 0.387 e. The maximum absolute atomic E-state index is 12.0. The first-order chi connectivity index (χ1) is 11.8. The number of aliphatic hydroxyl groups excluding tert-OH is 1. The molecule has 134 valence electrons. The van der Waals surface area contributed by atoms with E-state index in [1.54, 1.807) is 4.68 Å². The third-order valence-electron chi connectivity index (χ3n) is 4.51. The molecule has 1 aliphatic carbocycles. The number of aliphatic hydroxyl groups is 1. The summed E-state index contributed by atoms with van der Waals surface area (Å²) in [6.45, 7) is 6.75. The Balaban J connectivity index is 1.49. The van der Waals surface area contributed by atoms with Crippen LogP contribution in [0.25, 0.3) is 0 Å². The molecule has 0 saturated heterocycles. The lowest BCUT2D eigenvalue weighted by Crippen LogP contribution is -2.31. The molecule has 1 unspecified atom stereocenters. The molecule has 1 aromatic carbocycles. The van der Waals surface area contributed by atoms with E-state index >= 15 is 0 Å². The summed E-state index contributed by atoms with van der Waals surface area (Å²) in [7, 11) is 0. The molecular formula is C19H26N4O2. The molecule has 0 aliphatic heterocycles. The molecule has 3 rings (SSSR count). The van der Waals surface area contributed by atoms with Gasteiger partial charge in [-0.15, -0.1) is 5.10 Å².